The molecule has 4 rings (SSSR count). The lowest BCUT2D eigenvalue weighted by atomic mass is 10.2. The number of benzene rings is 1. The first-order valence-electron chi connectivity index (χ1n) is 7.55. The van der Waals surface area contributed by atoms with Crippen molar-refractivity contribution in [3.8, 4) is 10.7 Å². The van der Waals surface area contributed by atoms with Crippen molar-refractivity contribution in [3.63, 3.8) is 0 Å². The molecule has 124 valence electrons. The molecular weight excluding hydrogens is 354 g/mol. The minimum absolute atomic E-state index is 0.0752. The maximum atomic E-state index is 12.6. The van der Waals surface area contributed by atoms with Crippen LogP contribution in [0.15, 0.2) is 54.0 Å². The van der Waals surface area contributed by atoms with Crippen molar-refractivity contribution in [2.45, 2.75) is 6.54 Å². The van der Waals surface area contributed by atoms with Crippen molar-refractivity contribution in [1.82, 2.24) is 19.7 Å². The number of nitrogens with zero attached hydrogens (tertiary/aromatic N) is 3. The Kier molecular flexibility index (Phi) is 4.12. The zero-order valence-electron chi connectivity index (χ0n) is 13.0. The average molecular weight is 367 g/mol. The number of fused-ring (bicyclic) bond motifs is 1. The van der Waals surface area contributed by atoms with E-state index in [9.17, 15) is 4.79 Å². The van der Waals surface area contributed by atoms with Crippen LogP contribution < -0.4 is 5.32 Å². The number of carbonyl (C=O) groups excluding carboxylic acids is 1. The molecular formula is C17H13N5OS2. The van der Waals surface area contributed by atoms with E-state index in [2.05, 4.69) is 20.5 Å². The summed E-state index contributed by atoms with van der Waals surface area (Å²) >= 11 is 6.81. The molecule has 1 amide bonds. The SMILES string of the molecule is O=C(Cn1c(-c2cccs2)n[nH]c1=S)Nc1cccc2cccnc12. The first kappa shape index (κ1) is 15.7. The molecule has 25 heavy (non-hydrogen) atoms. The molecule has 0 saturated heterocycles. The molecule has 0 aliphatic carbocycles. The third-order valence-electron chi connectivity index (χ3n) is 3.71. The number of hydrogen-bond donors (Lipinski definition) is 2. The lowest BCUT2D eigenvalue weighted by Gasteiger charge is -2.09. The molecule has 0 radical (unpaired) electrons. The van der Waals surface area contributed by atoms with Crippen molar-refractivity contribution < 1.29 is 4.79 Å². The van der Waals surface area contributed by atoms with Crippen molar-refractivity contribution in [3.05, 3.63) is 58.8 Å². The van der Waals surface area contributed by atoms with Gasteiger partial charge < -0.3 is 5.32 Å². The lowest BCUT2D eigenvalue weighted by molar-refractivity contribution is -0.116. The summed E-state index contributed by atoms with van der Waals surface area (Å²) in [6.45, 7) is 0.0752. The molecule has 0 bridgehead atoms. The van der Waals surface area contributed by atoms with Gasteiger partial charge in [0.25, 0.3) is 0 Å². The third kappa shape index (κ3) is 3.09. The number of H-pyrrole nitrogens is 1. The number of thiophene rings is 1. The Balaban J connectivity index is 1.61. The maximum Gasteiger partial charge on any atom is 0.244 e. The largest absolute Gasteiger partial charge is 0.323 e. The molecule has 0 fully saturated rings. The van der Waals surface area contributed by atoms with Gasteiger partial charge in [0, 0.05) is 11.6 Å². The van der Waals surface area contributed by atoms with E-state index in [1.54, 1.807) is 22.1 Å². The number of aromatic nitrogens is 4. The topological polar surface area (TPSA) is 75.6 Å². The Bertz CT molecular complexity index is 1090. The molecule has 3 aromatic heterocycles. The van der Waals surface area contributed by atoms with Crippen LogP contribution in [0.3, 0.4) is 0 Å². The molecule has 0 spiro atoms. The molecule has 6 nitrogen and oxygen atoms in total. The summed E-state index contributed by atoms with van der Waals surface area (Å²) in [5.74, 6) is 0.472. The number of anilines is 1. The maximum absolute atomic E-state index is 12.6. The number of aromatic amines is 1. The number of pyridine rings is 1. The Hall–Kier alpha value is -2.84. The molecule has 4 aromatic rings. The van der Waals surface area contributed by atoms with Crippen molar-refractivity contribution >= 4 is 46.1 Å². The molecule has 0 unspecified atom stereocenters. The number of nitrogens with one attached hydrogen (secondary N) is 2. The van der Waals surface area contributed by atoms with Gasteiger partial charge in [-0.3, -0.25) is 19.4 Å². The van der Waals surface area contributed by atoms with Gasteiger partial charge >= 0.3 is 0 Å². The zero-order valence-corrected chi connectivity index (χ0v) is 14.6. The van der Waals surface area contributed by atoms with Gasteiger partial charge in [-0.15, -0.1) is 11.3 Å². The zero-order chi connectivity index (χ0) is 17.2. The van der Waals surface area contributed by atoms with E-state index >= 15 is 0 Å². The smallest absolute Gasteiger partial charge is 0.244 e. The summed E-state index contributed by atoms with van der Waals surface area (Å²) in [4.78, 5) is 17.9. The van der Waals surface area contributed by atoms with Gasteiger partial charge in [-0.05, 0) is 35.8 Å². The molecule has 0 aliphatic heterocycles. The highest BCUT2D eigenvalue weighted by molar-refractivity contribution is 7.71. The van der Waals surface area contributed by atoms with Crippen LogP contribution in [0.25, 0.3) is 21.6 Å². The van der Waals surface area contributed by atoms with Gasteiger partial charge in [0.1, 0.15) is 6.54 Å². The van der Waals surface area contributed by atoms with Crippen molar-refractivity contribution in [1.29, 1.82) is 0 Å². The normalized spacial score (nSPS) is 10.9. The number of carbonyl (C=O) groups is 1. The second-order valence-corrected chi connectivity index (χ2v) is 6.68. The van der Waals surface area contributed by atoms with E-state index < -0.39 is 0 Å². The highest BCUT2D eigenvalue weighted by Crippen LogP contribution is 2.23. The Morgan fingerprint density at radius 2 is 2.12 bits per heavy atom. The number of rotatable bonds is 4. The van der Waals surface area contributed by atoms with E-state index in [0.29, 0.717) is 16.3 Å². The fourth-order valence-electron chi connectivity index (χ4n) is 2.60. The quantitative estimate of drug-likeness (QED) is 0.537. The summed E-state index contributed by atoms with van der Waals surface area (Å²) in [6.07, 6.45) is 1.71. The van der Waals surface area contributed by atoms with Gasteiger partial charge in [0.05, 0.1) is 16.1 Å². The fourth-order valence-corrected chi connectivity index (χ4v) is 3.52. The predicted octanol–water partition coefficient (Wildman–Crippen LogP) is 3.86. The van der Waals surface area contributed by atoms with E-state index in [1.807, 2.05) is 47.8 Å². The van der Waals surface area contributed by atoms with Crippen LogP contribution in [0.2, 0.25) is 0 Å². The molecule has 0 saturated carbocycles. The number of hydrogen-bond acceptors (Lipinski definition) is 5. The molecule has 1 aromatic carbocycles. The van der Waals surface area contributed by atoms with Gasteiger partial charge in [-0.1, -0.05) is 24.3 Å². The van der Waals surface area contributed by atoms with E-state index in [1.165, 1.54) is 0 Å². The van der Waals surface area contributed by atoms with E-state index in [4.69, 9.17) is 12.2 Å². The van der Waals surface area contributed by atoms with E-state index in [-0.39, 0.29) is 12.5 Å². The van der Waals surface area contributed by atoms with Crippen LogP contribution in [0.1, 0.15) is 0 Å². The third-order valence-corrected chi connectivity index (χ3v) is 4.89. The van der Waals surface area contributed by atoms with Gasteiger partial charge in [0.2, 0.25) is 5.91 Å². The molecule has 0 atom stereocenters. The average Bonchev–Trinajstić information content (AvgIpc) is 3.26. The fraction of sp³-hybridized carbons (Fsp3) is 0.0588. The predicted molar refractivity (Wildman–Crippen MR) is 101 cm³/mol. The summed E-state index contributed by atoms with van der Waals surface area (Å²) < 4.78 is 2.10. The van der Waals surface area contributed by atoms with Crippen molar-refractivity contribution in [2.24, 2.45) is 0 Å². The first-order valence-corrected chi connectivity index (χ1v) is 8.84. The van der Waals surface area contributed by atoms with Gasteiger partial charge in [0.15, 0.2) is 10.6 Å². The molecule has 3 heterocycles. The highest BCUT2D eigenvalue weighted by Gasteiger charge is 2.14. The summed E-state index contributed by atoms with van der Waals surface area (Å²) in [5.41, 5.74) is 1.43. The summed E-state index contributed by atoms with van der Waals surface area (Å²) in [6, 6.07) is 13.4. The van der Waals surface area contributed by atoms with Gasteiger partial charge in [-0.25, -0.2) is 0 Å². The van der Waals surface area contributed by atoms with Gasteiger partial charge in [-0.2, -0.15) is 5.10 Å². The number of para-hydroxylation sites is 1. The lowest BCUT2D eigenvalue weighted by Crippen LogP contribution is -2.19. The molecule has 2 N–H and O–H groups in total. The molecule has 0 aliphatic rings. The minimum Gasteiger partial charge on any atom is -0.323 e. The van der Waals surface area contributed by atoms with Crippen LogP contribution in [0.5, 0.6) is 0 Å². The van der Waals surface area contributed by atoms with E-state index in [0.717, 1.165) is 15.8 Å². The monoisotopic (exact) mass is 367 g/mol. The summed E-state index contributed by atoms with van der Waals surface area (Å²) in [7, 11) is 0. The minimum atomic E-state index is -0.187. The standard InChI is InChI=1S/C17H13N5OS2/c23-14(19-12-6-1-4-11-5-2-8-18-15(11)12)10-22-16(20-21-17(22)24)13-7-3-9-25-13/h1-9H,10H2,(H,19,23)(H,21,24). The summed E-state index contributed by atoms with van der Waals surface area (Å²) in [5, 5.41) is 12.8. The Morgan fingerprint density at radius 3 is 2.96 bits per heavy atom. The number of amides is 1. The molecule has 8 heteroatoms. The van der Waals surface area contributed by atoms with Crippen LogP contribution in [0, 0.1) is 4.77 Å². The van der Waals surface area contributed by atoms with Crippen LogP contribution in [-0.2, 0) is 11.3 Å². The van der Waals surface area contributed by atoms with Crippen LogP contribution >= 0.6 is 23.6 Å². The second kappa shape index (κ2) is 6.58. The first-order chi connectivity index (χ1) is 12.2. The second-order valence-electron chi connectivity index (χ2n) is 5.34. The highest BCUT2D eigenvalue weighted by atomic mass is 32.1. The Labute approximate surface area is 152 Å². The van der Waals surface area contributed by atoms with Crippen molar-refractivity contribution in [2.75, 3.05) is 5.32 Å². The van der Waals surface area contributed by atoms with Crippen LogP contribution in [0.4, 0.5) is 5.69 Å². The van der Waals surface area contributed by atoms with Crippen LogP contribution in [-0.4, -0.2) is 25.7 Å². The Morgan fingerprint density at radius 1 is 1.24 bits per heavy atom.